The molecule has 0 aliphatic rings. The van der Waals surface area contributed by atoms with Gasteiger partial charge in [-0.3, -0.25) is 0 Å². The lowest BCUT2D eigenvalue weighted by atomic mass is 10.3. The smallest absolute Gasteiger partial charge is 0.158 e. The largest absolute Gasteiger partial charge is 0.455 e. The Bertz CT molecular complexity index is 554. The van der Waals surface area contributed by atoms with Crippen molar-refractivity contribution in [3.63, 3.8) is 0 Å². The van der Waals surface area contributed by atoms with Gasteiger partial charge in [-0.05, 0) is 91.8 Å². The van der Waals surface area contributed by atoms with Crippen LogP contribution < -0.4 is 4.74 Å². The molecule has 94 valence electrons. The molecule has 0 saturated carbocycles. The van der Waals surface area contributed by atoms with E-state index in [9.17, 15) is 0 Å². The summed E-state index contributed by atoms with van der Waals surface area (Å²) in [5.74, 6) is 1.49. The Morgan fingerprint density at radius 2 is 1.06 bits per heavy atom. The average molecular weight is 565 g/mol. The molecule has 0 aliphatic heterocycles. The van der Waals surface area contributed by atoms with E-state index in [1.807, 2.05) is 30.3 Å². The van der Waals surface area contributed by atoms with E-state index in [1.54, 1.807) is 0 Å². The van der Waals surface area contributed by atoms with Crippen LogP contribution in [0.5, 0.6) is 11.5 Å². The zero-order chi connectivity index (χ0) is 13.3. The molecule has 0 N–H and O–H groups in total. The van der Waals surface area contributed by atoms with Crippen LogP contribution in [-0.2, 0) is 0 Å². The van der Waals surface area contributed by atoms with Crippen LogP contribution in [0, 0.1) is 0 Å². The van der Waals surface area contributed by atoms with E-state index in [1.165, 1.54) is 0 Å². The number of benzene rings is 2. The van der Waals surface area contributed by atoms with Gasteiger partial charge >= 0.3 is 0 Å². The van der Waals surface area contributed by atoms with E-state index in [2.05, 4.69) is 79.6 Å². The van der Waals surface area contributed by atoms with Crippen molar-refractivity contribution >= 4 is 79.6 Å². The maximum Gasteiger partial charge on any atom is 0.158 e. The molecule has 0 unspecified atom stereocenters. The highest BCUT2D eigenvalue weighted by molar-refractivity contribution is 9.15. The summed E-state index contributed by atoms with van der Waals surface area (Å²) in [5, 5.41) is 0. The van der Waals surface area contributed by atoms with Crippen molar-refractivity contribution in [2.24, 2.45) is 0 Å². The molecule has 0 bridgehead atoms. The second-order valence-electron chi connectivity index (χ2n) is 3.31. The minimum absolute atomic E-state index is 0.711. The first-order valence-electron chi connectivity index (χ1n) is 4.76. The monoisotopic (exact) mass is 560 g/mol. The summed E-state index contributed by atoms with van der Waals surface area (Å²) in [6.07, 6.45) is 0. The van der Waals surface area contributed by atoms with Crippen LogP contribution in [0.3, 0.4) is 0 Å². The Morgan fingerprint density at radius 3 is 1.56 bits per heavy atom. The van der Waals surface area contributed by atoms with Gasteiger partial charge in [-0.1, -0.05) is 18.2 Å². The molecule has 0 aliphatic carbocycles. The maximum atomic E-state index is 5.88. The van der Waals surface area contributed by atoms with Crippen molar-refractivity contribution in [1.82, 2.24) is 0 Å². The predicted octanol–water partition coefficient (Wildman–Crippen LogP) is 7.29. The first kappa shape index (κ1) is 15.0. The molecule has 0 fully saturated rings. The van der Waals surface area contributed by atoms with E-state index < -0.39 is 0 Å². The van der Waals surface area contributed by atoms with E-state index in [4.69, 9.17) is 4.74 Å². The fourth-order valence-electron chi connectivity index (χ4n) is 1.28. The Morgan fingerprint density at radius 1 is 0.611 bits per heavy atom. The highest BCUT2D eigenvalue weighted by atomic mass is 79.9. The number of hydrogen-bond donors (Lipinski definition) is 0. The minimum Gasteiger partial charge on any atom is -0.455 e. The predicted molar refractivity (Wildman–Crippen MR) is 91.5 cm³/mol. The third-order valence-electron chi connectivity index (χ3n) is 2.13. The van der Waals surface area contributed by atoms with Crippen molar-refractivity contribution in [2.75, 3.05) is 0 Å². The fraction of sp³-hybridized carbons (Fsp3) is 0. The van der Waals surface area contributed by atoms with Gasteiger partial charge in [0.05, 0.1) is 17.9 Å². The van der Waals surface area contributed by atoms with Gasteiger partial charge in [-0.15, -0.1) is 0 Å². The van der Waals surface area contributed by atoms with E-state index in [-0.39, 0.29) is 0 Å². The third kappa shape index (κ3) is 3.03. The van der Waals surface area contributed by atoms with E-state index in [0.717, 1.165) is 28.1 Å². The number of rotatable bonds is 2. The SMILES string of the molecule is Brc1c(Br)c(Br)c(Oc2ccccc2)c(Br)c1Br. The molecule has 0 aromatic heterocycles. The van der Waals surface area contributed by atoms with Gasteiger partial charge in [-0.2, -0.15) is 0 Å². The third-order valence-corrected chi connectivity index (χ3v) is 8.15. The van der Waals surface area contributed by atoms with Crippen LogP contribution in [0.4, 0.5) is 0 Å². The molecular weight excluding hydrogens is 560 g/mol. The molecule has 0 amide bonds. The first-order chi connectivity index (χ1) is 8.52. The number of ether oxygens (including phenoxy) is 1. The molecule has 0 radical (unpaired) electrons. The second-order valence-corrected chi connectivity index (χ2v) is 7.28. The van der Waals surface area contributed by atoms with Crippen LogP contribution in [0.1, 0.15) is 0 Å². The van der Waals surface area contributed by atoms with Gasteiger partial charge in [0.15, 0.2) is 5.75 Å². The molecule has 6 heteroatoms. The topological polar surface area (TPSA) is 9.23 Å². The number of hydrogen-bond acceptors (Lipinski definition) is 1. The van der Waals surface area contributed by atoms with Gasteiger partial charge in [0, 0.05) is 4.47 Å². The second kappa shape index (κ2) is 6.39. The molecule has 0 spiro atoms. The lowest BCUT2D eigenvalue weighted by molar-refractivity contribution is 0.475. The first-order valence-corrected chi connectivity index (χ1v) is 8.73. The zero-order valence-electron chi connectivity index (χ0n) is 8.68. The van der Waals surface area contributed by atoms with Crippen LogP contribution in [0.15, 0.2) is 52.7 Å². The Hall–Kier alpha value is 0.640. The highest BCUT2D eigenvalue weighted by Gasteiger charge is 2.19. The Labute approximate surface area is 147 Å². The summed E-state index contributed by atoms with van der Waals surface area (Å²) < 4.78 is 10.3. The molecule has 2 rings (SSSR count). The molecule has 0 saturated heterocycles. The molecular formula is C12H5Br5O. The summed E-state index contributed by atoms with van der Waals surface area (Å²) in [4.78, 5) is 0. The van der Waals surface area contributed by atoms with E-state index in [0.29, 0.717) is 5.75 Å². The molecule has 0 heterocycles. The summed E-state index contributed by atoms with van der Waals surface area (Å²) in [6, 6.07) is 9.62. The lowest BCUT2D eigenvalue weighted by Gasteiger charge is -2.14. The van der Waals surface area contributed by atoms with Gasteiger partial charge in [-0.25, -0.2) is 0 Å². The van der Waals surface area contributed by atoms with Crippen molar-refractivity contribution in [2.45, 2.75) is 0 Å². The van der Waals surface area contributed by atoms with Crippen LogP contribution in [0.25, 0.3) is 0 Å². The standard InChI is InChI=1S/C12H5Br5O/c13-7-8(14)10(16)12(11(17)9(7)15)18-6-4-2-1-3-5-6/h1-5H. The van der Waals surface area contributed by atoms with Gasteiger partial charge in [0.1, 0.15) is 5.75 Å². The molecule has 18 heavy (non-hydrogen) atoms. The van der Waals surface area contributed by atoms with Crippen molar-refractivity contribution in [1.29, 1.82) is 0 Å². The molecule has 0 atom stereocenters. The normalized spacial score (nSPS) is 10.5. The lowest BCUT2D eigenvalue weighted by Crippen LogP contribution is -1.90. The summed E-state index contributed by atoms with van der Waals surface area (Å²) in [5.41, 5.74) is 0. The average Bonchev–Trinajstić information content (AvgIpc) is 2.40. The quantitative estimate of drug-likeness (QED) is 0.275. The molecule has 1 nitrogen and oxygen atoms in total. The summed E-state index contributed by atoms with van der Waals surface area (Å²) in [6.45, 7) is 0. The van der Waals surface area contributed by atoms with Crippen LogP contribution >= 0.6 is 79.6 Å². The Balaban J connectivity index is 2.52. The maximum absolute atomic E-state index is 5.88. The fourth-order valence-corrected chi connectivity index (χ4v) is 4.45. The van der Waals surface area contributed by atoms with Gasteiger partial charge < -0.3 is 4.74 Å². The van der Waals surface area contributed by atoms with Crippen molar-refractivity contribution in [3.05, 3.63) is 52.7 Å². The highest BCUT2D eigenvalue weighted by Crippen LogP contribution is 2.49. The van der Waals surface area contributed by atoms with Gasteiger partial charge in [0.25, 0.3) is 0 Å². The van der Waals surface area contributed by atoms with Crippen molar-refractivity contribution < 1.29 is 4.74 Å². The zero-order valence-corrected chi connectivity index (χ0v) is 16.6. The summed E-state index contributed by atoms with van der Waals surface area (Å²) in [7, 11) is 0. The summed E-state index contributed by atoms with van der Waals surface area (Å²) >= 11 is 17.5. The number of halogens is 5. The minimum atomic E-state index is 0.711. The number of para-hydroxylation sites is 1. The molecule has 2 aromatic carbocycles. The van der Waals surface area contributed by atoms with Crippen LogP contribution in [-0.4, -0.2) is 0 Å². The Kier molecular flexibility index (Phi) is 5.34. The van der Waals surface area contributed by atoms with Gasteiger partial charge in [0.2, 0.25) is 0 Å². The van der Waals surface area contributed by atoms with Crippen LogP contribution in [0.2, 0.25) is 0 Å². The molecule has 2 aromatic rings. The van der Waals surface area contributed by atoms with E-state index >= 15 is 0 Å². The van der Waals surface area contributed by atoms with Crippen molar-refractivity contribution in [3.8, 4) is 11.5 Å².